The number of hydrogen-bond donors (Lipinski definition) is 0. The zero-order valence-electron chi connectivity index (χ0n) is 8.75. The number of fused-ring (bicyclic) bond motifs is 1. The van der Waals surface area contributed by atoms with Gasteiger partial charge >= 0.3 is 0 Å². The van der Waals surface area contributed by atoms with Crippen LogP contribution in [0.3, 0.4) is 0 Å². The van der Waals surface area contributed by atoms with E-state index in [1.54, 1.807) is 23.1 Å². The van der Waals surface area contributed by atoms with Gasteiger partial charge in [0.1, 0.15) is 11.3 Å². The molecule has 5 heteroatoms. The van der Waals surface area contributed by atoms with Crippen LogP contribution in [-0.4, -0.2) is 14.6 Å². The van der Waals surface area contributed by atoms with Crippen molar-refractivity contribution in [1.82, 2.24) is 14.6 Å². The Hall–Kier alpha value is -1.88. The van der Waals surface area contributed by atoms with Gasteiger partial charge in [-0.15, -0.1) is 0 Å². The van der Waals surface area contributed by atoms with Crippen LogP contribution in [0.2, 0.25) is 0 Å². The highest BCUT2D eigenvalue weighted by atomic mass is 79.9. The number of nitrogens with zero attached hydrogens (tertiary/aromatic N) is 3. The van der Waals surface area contributed by atoms with Crippen molar-refractivity contribution in [3.8, 4) is 11.6 Å². The van der Waals surface area contributed by atoms with Crippen LogP contribution < -0.4 is 4.74 Å². The van der Waals surface area contributed by atoms with Gasteiger partial charge in [0, 0.05) is 16.9 Å². The molecule has 0 saturated heterocycles. The van der Waals surface area contributed by atoms with Gasteiger partial charge in [0.15, 0.2) is 0 Å². The normalized spacial score (nSPS) is 10.6. The Kier molecular flexibility index (Phi) is 2.53. The van der Waals surface area contributed by atoms with Gasteiger partial charge in [-0.25, -0.2) is 9.50 Å². The Morgan fingerprint density at radius 2 is 1.88 bits per heavy atom. The molecular formula is C12H8BrN3O. The van der Waals surface area contributed by atoms with E-state index in [2.05, 4.69) is 26.0 Å². The molecule has 0 saturated carbocycles. The van der Waals surface area contributed by atoms with Crippen LogP contribution in [0, 0.1) is 0 Å². The third kappa shape index (κ3) is 2.01. The third-order valence-electron chi connectivity index (χ3n) is 2.32. The molecular weight excluding hydrogens is 282 g/mol. The average Bonchev–Trinajstić information content (AvgIpc) is 2.81. The van der Waals surface area contributed by atoms with Crippen LogP contribution in [0.4, 0.5) is 0 Å². The minimum atomic E-state index is 0.548. The van der Waals surface area contributed by atoms with E-state index in [4.69, 9.17) is 4.74 Å². The van der Waals surface area contributed by atoms with Crippen molar-refractivity contribution >= 4 is 21.4 Å². The summed E-state index contributed by atoms with van der Waals surface area (Å²) in [6.45, 7) is 0. The molecule has 2 aromatic heterocycles. The summed E-state index contributed by atoms with van der Waals surface area (Å²) in [4.78, 5) is 4.20. The Morgan fingerprint density at radius 1 is 1.06 bits per heavy atom. The van der Waals surface area contributed by atoms with Crippen LogP contribution in [0.25, 0.3) is 5.52 Å². The van der Waals surface area contributed by atoms with Crippen molar-refractivity contribution in [2.45, 2.75) is 0 Å². The molecule has 3 aromatic rings. The van der Waals surface area contributed by atoms with Crippen LogP contribution in [0.5, 0.6) is 11.6 Å². The summed E-state index contributed by atoms with van der Waals surface area (Å²) in [5.41, 5.74) is 0.843. The Labute approximate surface area is 106 Å². The van der Waals surface area contributed by atoms with E-state index in [-0.39, 0.29) is 0 Å². The number of ether oxygens (including phenoxy) is 1. The van der Waals surface area contributed by atoms with Crippen molar-refractivity contribution in [2.24, 2.45) is 0 Å². The zero-order valence-corrected chi connectivity index (χ0v) is 10.3. The molecule has 17 heavy (non-hydrogen) atoms. The van der Waals surface area contributed by atoms with E-state index in [1.807, 2.05) is 30.3 Å². The number of rotatable bonds is 2. The summed E-state index contributed by atoms with van der Waals surface area (Å²) in [6.07, 6.45) is 5.16. The minimum absolute atomic E-state index is 0.548. The van der Waals surface area contributed by atoms with Gasteiger partial charge in [0.2, 0.25) is 5.88 Å². The molecule has 2 heterocycles. The van der Waals surface area contributed by atoms with E-state index >= 15 is 0 Å². The summed E-state index contributed by atoms with van der Waals surface area (Å²) in [5, 5.41) is 4.12. The quantitative estimate of drug-likeness (QED) is 0.727. The van der Waals surface area contributed by atoms with E-state index in [0.29, 0.717) is 5.88 Å². The summed E-state index contributed by atoms with van der Waals surface area (Å²) in [6, 6.07) is 9.47. The van der Waals surface area contributed by atoms with Crippen LogP contribution >= 0.6 is 15.9 Å². The van der Waals surface area contributed by atoms with E-state index in [9.17, 15) is 0 Å². The minimum Gasteiger partial charge on any atom is -0.437 e. The molecule has 84 valence electrons. The summed E-state index contributed by atoms with van der Waals surface area (Å²) in [7, 11) is 0. The third-order valence-corrected chi connectivity index (χ3v) is 2.85. The first-order valence-electron chi connectivity index (χ1n) is 5.05. The zero-order chi connectivity index (χ0) is 11.7. The largest absolute Gasteiger partial charge is 0.437 e. The monoisotopic (exact) mass is 289 g/mol. The molecule has 0 spiro atoms. The topological polar surface area (TPSA) is 39.4 Å². The summed E-state index contributed by atoms with van der Waals surface area (Å²) < 4.78 is 8.45. The van der Waals surface area contributed by atoms with Gasteiger partial charge in [-0.2, -0.15) is 5.10 Å². The van der Waals surface area contributed by atoms with Crippen LogP contribution in [0.15, 0.2) is 53.4 Å². The number of hydrogen-bond acceptors (Lipinski definition) is 3. The average molecular weight is 290 g/mol. The Balaban J connectivity index is 1.99. The fourth-order valence-corrected chi connectivity index (χ4v) is 1.79. The molecule has 0 bridgehead atoms. The second kappa shape index (κ2) is 4.18. The van der Waals surface area contributed by atoms with Gasteiger partial charge < -0.3 is 4.74 Å². The smallest absolute Gasteiger partial charge is 0.245 e. The van der Waals surface area contributed by atoms with E-state index in [1.165, 1.54) is 0 Å². The van der Waals surface area contributed by atoms with Crippen molar-refractivity contribution in [3.63, 3.8) is 0 Å². The highest BCUT2D eigenvalue weighted by Gasteiger charge is 2.05. The van der Waals surface area contributed by atoms with Gasteiger partial charge in [-0.3, -0.25) is 0 Å². The molecule has 0 N–H and O–H groups in total. The maximum absolute atomic E-state index is 5.71. The molecule has 0 aliphatic carbocycles. The highest BCUT2D eigenvalue weighted by molar-refractivity contribution is 9.10. The lowest BCUT2D eigenvalue weighted by molar-refractivity contribution is 0.465. The first kappa shape index (κ1) is 10.3. The molecule has 0 aliphatic heterocycles. The van der Waals surface area contributed by atoms with Crippen molar-refractivity contribution in [3.05, 3.63) is 53.4 Å². The predicted molar refractivity (Wildman–Crippen MR) is 67.2 cm³/mol. The van der Waals surface area contributed by atoms with E-state index in [0.717, 1.165) is 15.7 Å². The number of halogens is 1. The second-order valence-corrected chi connectivity index (χ2v) is 4.37. The lowest BCUT2D eigenvalue weighted by Gasteiger charge is -2.05. The van der Waals surface area contributed by atoms with Gasteiger partial charge in [0.05, 0.1) is 6.20 Å². The number of benzene rings is 1. The SMILES string of the molecule is Brc1ccc(Oc2nccn3nccc23)cc1. The fraction of sp³-hybridized carbons (Fsp3) is 0. The van der Waals surface area contributed by atoms with Gasteiger partial charge in [0.25, 0.3) is 0 Å². The van der Waals surface area contributed by atoms with E-state index < -0.39 is 0 Å². The summed E-state index contributed by atoms with van der Waals surface area (Å²) in [5.74, 6) is 1.29. The van der Waals surface area contributed by atoms with Gasteiger partial charge in [-0.05, 0) is 30.3 Å². The van der Waals surface area contributed by atoms with Crippen LogP contribution in [-0.2, 0) is 0 Å². The lowest BCUT2D eigenvalue weighted by Crippen LogP contribution is -1.93. The molecule has 3 rings (SSSR count). The maximum Gasteiger partial charge on any atom is 0.245 e. The number of aromatic nitrogens is 3. The molecule has 0 unspecified atom stereocenters. The molecule has 0 amide bonds. The second-order valence-electron chi connectivity index (χ2n) is 3.45. The van der Waals surface area contributed by atoms with Crippen LogP contribution in [0.1, 0.15) is 0 Å². The first-order valence-corrected chi connectivity index (χ1v) is 5.84. The Morgan fingerprint density at radius 3 is 2.71 bits per heavy atom. The maximum atomic E-state index is 5.71. The fourth-order valence-electron chi connectivity index (χ4n) is 1.53. The highest BCUT2D eigenvalue weighted by Crippen LogP contribution is 2.24. The summed E-state index contributed by atoms with van der Waals surface area (Å²) >= 11 is 3.38. The Bertz CT molecular complexity index is 648. The van der Waals surface area contributed by atoms with Crippen molar-refractivity contribution in [1.29, 1.82) is 0 Å². The van der Waals surface area contributed by atoms with Crippen molar-refractivity contribution < 1.29 is 4.74 Å². The van der Waals surface area contributed by atoms with Gasteiger partial charge in [-0.1, -0.05) is 15.9 Å². The first-order chi connectivity index (χ1) is 8.33. The molecule has 0 atom stereocenters. The molecule has 0 aliphatic rings. The molecule has 0 fully saturated rings. The predicted octanol–water partition coefficient (Wildman–Crippen LogP) is 3.28. The lowest BCUT2D eigenvalue weighted by atomic mass is 10.3. The van der Waals surface area contributed by atoms with Crippen molar-refractivity contribution in [2.75, 3.05) is 0 Å². The molecule has 4 nitrogen and oxygen atoms in total. The molecule has 0 radical (unpaired) electrons. The standard InChI is InChI=1S/C12H8BrN3O/c13-9-1-3-10(4-2-9)17-12-11-5-6-15-16(11)8-7-14-12/h1-8H. The molecule has 1 aromatic carbocycles.